The molecule has 6 atom stereocenters. The van der Waals surface area contributed by atoms with E-state index in [1.165, 1.54) is 161 Å². The zero-order chi connectivity index (χ0) is 65.0. The molecule has 0 radical (unpaired) electrons. The lowest BCUT2D eigenvalue weighted by atomic mass is 9.99. The quantitative estimate of drug-likeness (QED) is 0.0222. The maximum atomic E-state index is 13.0. The summed E-state index contributed by atoms with van der Waals surface area (Å²) in [5, 5.41) is 10.6. The maximum absolute atomic E-state index is 13.0. The highest BCUT2D eigenvalue weighted by Gasteiger charge is 2.30. The summed E-state index contributed by atoms with van der Waals surface area (Å²) in [7, 11) is -9.89. The third-order valence-electron chi connectivity index (χ3n) is 16.3. The third-order valence-corrected chi connectivity index (χ3v) is 18.2. The molecule has 0 fully saturated rings. The van der Waals surface area contributed by atoms with Crippen LogP contribution in [-0.4, -0.2) is 96.7 Å². The van der Waals surface area contributed by atoms with Gasteiger partial charge in [0.1, 0.15) is 19.3 Å². The van der Waals surface area contributed by atoms with Gasteiger partial charge in [-0.25, -0.2) is 9.13 Å². The van der Waals surface area contributed by atoms with E-state index in [2.05, 4.69) is 41.5 Å². The number of hydrogen-bond donors (Lipinski definition) is 3. The molecule has 0 aliphatic heterocycles. The largest absolute Gasteiger partial charge is 0.472 e. The van der Waals surface area contributed by atoms with Gasteiger partial charge in [0.15, 0.2) is 12.2 Å². The van der Waals surface area contributed by atoms with Crippen molar-refractivity contribution in [1.29, 1.82) is 0 Å². The molecule has 3 N–H and O–H groups in total. The molecule has 0 aliphatic rings. The van der Waals surface area contributed by atoms with Crippen LogP contribution in [0.25, 0.3) is 0 Å². The summed E-state index contributed by atoms with van der Waals surface area (Å²) in [4.78, 5) is 72.2. The third kappa shape index (κ3) is 61.6. The van der Waals surface area contributed by atoms with Gasteiger partial charge in [-0.15, -0.1) is 0 Å². The van der Waals surface area contributed by atoms with Gasteiger partial charge in [0.2, 0.25) is 0 Å². The van der Waals surface area contributed by atoms with Crippen LogP contribution in [0, 0.1) is 11.8 Å². The monoisotopic (exact) mass is 1300 g/mol. The van der Waals surface area contributed by atoms with Crippen LogP contribution in [0.15, 0.2) is 0 Å². The van der Waals surface area contributed by atoms with Crippen LogP contribution in [0.1, 0.15) is 350 Å². The van der Waals surface area contributed by atoms with E-state index in [0.29, 0.717) is 25.7 Å². The molecule has 0 saturated carbocycles. The molecular weight excluding hydrogens is 1160 g/mol. The van der Waals surface area contributed by atoms with Crippen molar-refractivity contribution in [2.24, 2.45) is 11.8 Å². The van der Waals surface area contributed by atoms with Gasteiger partial charge in [-0.1, -0.05) is 298 Å². The SMILES string of the molecule is CCCCCCCCCCCCCCCCCCC(=O)O[C@H](COC(=O)CCCCCCCCCCCCCCC(C)C)COP(=O)(O)OC[C@@H](O)COP(=O)(O)OC[C@@H](COC(=O)CCCCCCC)OC(=O)CCCCCCCCCCC(C)CC. The molecule has 0 aliphatic carbocycles. The number of carbonyl (C=O) groups is 4. The molecule has 19 heteroatoms. The average Bonchev–Trinajstić information content (AvgIpc) is 3.69. The lowest BCUT2D eigenvalue weighted by Gasteiger charge is -2.21. The minimum Gasteiger partial charge on any atom is -0.462 e. The van der Waals surface area contributed by atoms with Crippen LogP contribution < -0.4 is 0 Å². The molecule has 3 unspecified atom stereocenters. The normalized spacial score (nSPS) is 14.5. The number of carbonyl (C=O) groups excluding carboxylic acids is 4. The summed E-state index contributed by atoms with van der Waals surface area (Å²) in [6.07, 6.45) is 46.1. The van der Waals surface area contributed by atoms with Crippen LogP contribution in [0.2, 0.25) is 0 Å². The number of aliphatic hydroxyl groups excluding tert-OH is 1. The standard InChI is InChI=1S/C69H134O17P2/c1-7-10-12-14-15-16-17-18-19-20-21-26-29-35-41-47-53-68(73)86-65(58-80-67(72)52-46-40-34-28-25-23-22-24-27-32-38-43-49-61(4)5)60-84-88(77,78)82-56-63(70)55-81-87(75,76)83-59-64(57-79-66(71)51-45-37-13-11-8-2)85-69(74)54-48-42-36-31-30-33-39-44-50-62(6)9-3/h61-65,70H,7-60H2,1-6H3,(H,75,76)(H,77,78)/t62?,63-,64+,65+/m0/s1. The second-order valence-electron chi connectivity index (χ2n) is 25.6. The zero-order valence-electron chi connectivity index (χ0n) is 57.0. The molecule has 0 amide bonds. The first-order valence-corrected chi connectivity index (χ1v) is 39.0. The number of ether oxygens (including phenoxy) is 4. The van der Waals surface area contributed by atoms with Crippen LogP contribution in [0.4, 0.5) is 0 Å². The summed E-state index contributed by atoms with van der Waals surface area (Å²) >= 11 is 0. The first kappa shape index (κ1) is 86.1. The summed E-state index contributed by atoms with van der Waals surface area (Å²) in [6.45, 7) is 9.46. The Balaban J connectivity index is 5.17. The highest BCUT2D eigenvalue weighted by Crippen LogP contribution is 2.45. The Labute approximate surface area is 537 Å². The summed E-state index contributed by atoms with van der Waals surface area (Å²) < 4.78 is 68.1. The smallest absolute Gasteiger partial charge is 0.462 e. The van der Waals surface area contributed by atoms with E-state index < -0.39 is 97.5 Å². The molecule has 0 saturated heterocycles. The molecule has 0 rings (SSSR count). The van der Waals surface area contributed by atoms with Gasteiger partial charge in [-0.05, 0) is 37.5 Å². The van der Waals surface area contributed by atoms with Gasteiger partial charge in [0.25, 0.3) is 0 Å². The summed E-state index contributed by atoms with van der Waals surface area (Å²) in [6, 6.07) is 0. The van der Waals surface area contributed by atoms with Crippen LogP contribution in [-0.2, 0) is 65.4 Å². The van der Waals surface area contributed by atoms with Crippen molar-refractivity contribution in [3.8, 4) is 0 Å². The lowest BCUT2D eigenvalue weighted by molar-refractivity contribution is -0.161. The summed E-state index contributed by atoms with van der Waals surface area (Å²) in [5.74, 6) is -0.585. The van der Waals surface area contributed by atoms with Gasteiger partial charge >= 0.3 is 39.5 Å². The molecule has 0 bridgehead atoms. The van der Waals surface area contributed by atoms with E-state index in [9.17, 15) is 43.2 Å². The van der Waals surface area contributed by atoms with Crippen molar-refractivity contribution in [2.45, 2.75) is 368 Å². The molecule has 17 nitrogen and oxygen atoms in total. The fraction of sp³-hybridized carbons (Fsp3) is 0.942. The molecular formula is C69H134O17P2. The highest BCUT2D eigenvalue weighted by molar-refractivity contribution is 7.47. The molecule has 88 heavy (non-hydrogen) atoms. The number of phosphoric ester groups is 2. The zero-order valence-corrected chi connectivity index (χ0v) is 58.8. The van der Waals surface area contributed by atoms with Crippen molar-refractivity contribution in [2.75, 3.05) is 39.6 Å². The average molecular weight is 1300 g/mol. The van der Waals surface area contributed by atoms with Crippen molar-refractivity contribution < 1.29 is 80.2 Å². The molecule has 522 valence electrons. The topological polar surface area (TPSA) is 237 Å². The predicted octanol–water partition coefficient (Wildman–Crippen LogP) is 19.6. The summed E-state index contributed by atoms with van der Waals surface area (Å²) in [5.41, 5.74) is 0. The van der Waals surface area contributed by atoms with E-state index in [4.69, 9.17) is 37.0 Å². The molecule has 0 heterocycles. The Morgan fingerprint density at radius 1 is 0.330 bits per heavy atom. The van der Waals surface area contributed by atoms with Crippen molar-refractivity contribution in [3.05, 3.63) is 0 Å². The molecule has 0 aromatic carbocycles. The Kier molecular flexibility index (Phi) is 59.9. The number of esters is 4. The minimum atomic E-state index is -4.95. The van der Waals surface area contributed by atoms with Crippen LogP contribution in [0.5, 0.6) is 0 Å². The number of aliphatic hydroxyl groups is 1. The van der Waals surface area contributed by atoms with Gasteiger partial charge in [-0.3, -0.25) is 37.3 Å². The van der Waals surface area contributed by atoms with Crippen LogP contribution >= 0.6 is 15.6 Å². The van der Waals surface area contributed by atoms with Crippen LogP contribution in [0.3, 0.4) is 0 Å². The molecule has 0 spiro atoms. The molecule has 0 aromatic rings. The van der Waals surface area contributed by atoms with Crippen molar-refractivity contribution in [3.63, 3.8) is 0 Å². The van der Waals surface area contributed by atoms with E-state index in [1.807, 2.05) is 0 Å². The Morgan fingerprint density at radius 3 is 0.864 bits per heavy atom. The van der Waals surface area contributed by atoms with Crippen molar-refractivity contribution in [1.82, 2.24) is 0 Å². The van der Waals surface area contributed by atoms with E-state index in [1.54, 1.807) is 0 Å². The predicted molar refractivity (Wildman–Crippen MR) is 354 cm³/mol. The Morgan fingerprint density at radius 2 is 0.580 bits per heavy atom. The number of rotatable bonds is 68. The molecule has 0 aromatic heterocycles. The van der Waals surface area contributed by atoms with E-state index in [-0.39, 0.29) is 25.7 Å². The fourth-order valence-corrected chi connectivity index (χ4v) is 12.0. The van der Waals surface area contributed by atoms with E-state index >= 15 is 0 Å². The highest BCUT2D eigenvalue weighted by atomic mass is 31.2. The Hall–Kier alpha value is -1.94. The van der Waals surface area contributed by atoms with Crippen molar-refractivity contribution >= 4 is 39.5 Å². The minimum absolute atomic E-state index is 0.104. The number of unbranched alkanes of at least 4 members (excludes halogenated alkanes) is 37. The van der Waals surface area contributed by atoms with Gasteiger partial charge in [0, 0.05) is 25.7 Å². The first-order valence-electron chi connectivity index (χ1n) is 36.0. The second kappa shape index (κ2) is 61.3. The fourth-order valence-electron chi connectivity index (χ4n) is 10.4. The number of hydrogen-bond acceptors (Lipinski definition) is 15. The lowest BCUT2D eigenvalue weighted by Crippen LogP contribution is -2.30. The Bertz CT molecular complexity index is 1720. The van der Waals surface area contributed by atoms with E-state index in [0.717, 1.165) is 108 Å². The van der Waals surface area contributed by atoms with Gasteiger partial charge in [-0.2, -0.15) is 0 Å². The van der Waals surface area contributed by atoms with Gasteiger partial charge < -0.3 is 33.8 Å². The number of phosphoric acid groups is 2. The van der Waals surface area contributed by atoms with Gasteiger partial charge in [0.05, 0.1) is 26.4 Å². The first-order chi connectivity index (χ1) is 42.4. The maximum Gasteiger partial charge on any atom is 0.472 e. The second-order valence-corrected chi connectivity index (χ2v) is 28.5.